The Labute approximate surface area is 113 Å². The molecule has 1 unspecified atom stereocenters. The topological polar surface area (TPSA) is 15.3 Å². The van der Waals surface area contributed by atoms with Gasteiger partial charge in [0.15, 0.2) is 0 Å². The van der Waals surface area contributed by atoms with Gasteiger partial charge in [0.1, 0.15) is 0 Å². The normalized spacial score (nSPS) is 21.7. The van der Waals surface area contributed by atoms with Gasteiger partial charge in [-0.3, -0.25) is 0 Å². The molecule has 2 rings (SSSR count). The minimum absolute atomic E-state index is 0.651. The number of hydrogen-bond donors (Lipinski definition) is 1. The Morgan fingerprint density at radius 1 is 1.47 bits per heavy atom. The zero-order chi connectivity index (χ0) is 12.3. The van der Waals surface area contributed by atoms with Crippen molar-refractivity contribution >= 4 is 15.9 Å². The largest absolute Gasteiger partial charge is 0.309 e. The van der Waals surface area contributed by atoms with Gasteiger partial charge in [0, 0.05) is 23.6 Å². The van der Waals surface area contributed by atoms with Crippen molar-refractivity contribution in [2.24, 2.45) is 0 Å². The summed E-state index contributed by atoms with van der Waals surface area (Å²) in [6.45, 7) is 5.54. The number of benzene rings is 1. The lowest BCUT2D eigenvalue weighted by atomic mass is 10.1. The third kappa shape index (κ3) is 3.80. The molecule has 17 heavy (non-hydrogen) atoms. The standard InChI is InChI=1S/C14H21BrN2/c1-11-8-12(5-6-14(11)15)9-16-13-4-3-7-17(2)10-13/h5-6,8,13,16H,3-4,7,9-10H2,1-2H3. The first-order valence-corrected chi connectivity index (χ1v) is 7.11. The predicted molar refractivity (Wildman–Crippen MR) is 76.2 cm³/mol. The third-order valence-electron chi connectivity index (χ3n) is 3.44. The monoisotopic (exact) mass is 296 g/mol. The number of likely N-dealkylation sites (tertiary alicyclic amines) is 1. The van der Waals surface area contributed by atoms with E-state index in [0.717, 1.165) is 6.54 Å². The lowest BCUT2D eigenvalue weighted by molar-refractivity contribution is 0.226. The van der Waals surface area contributed by atoms with Crippen molar-refractivity contribution in [3.05, 3.63) is 33.8 Å². The molecule has 0 spiro atoms. The second kappa shape index (κ2) is 5.98. The van der Waals surface area contributed by atoms with Crippen LogP contribution in [0, 0.1) is 6.92 Å². The average Bonchev–Trinajstić information content (AvgIpc) is 2.31. The molecule has 1 N–H and O–H groups in total. The first kappa shape index (κ1) is 13.1. The van der Waals surface area contributed by atoms with Gasteiger partial charge in [-0.1, -0.05) is 28.1 Å². The number of nitrogens with one attached hydrogen (secondary N) is 1. The molecule has 0 saturated carbocycles. The van der Waals surface area contributed by atoms with Crippen LogP contribution < -0.4 is 5.32 Å². The van der Waals surface area contributed by atoms with Crippen LogP contribution in [-0.4, -0.2) is 31.1 Å². The molecule has 0 aromatic heterocycles. The Kier molecular flexibility index (Phi) is 4.60. The summed E-state index contributed by atoms with van der Waals surface area (Å²) in [6.07, 6.45) is 2.62. The van der Waals surface area contributed by atoms with Gasteiger partial charge in [-0.25, -0.2) is 0 Å². The summed E-state index contributed by atoms with van der Waals surface area (Å²) in [7, 11) is 2.21. The molecule has 1 aromatic rings. The summed E-state index contributed by atoms with van der Waals surface area (Å²) in [4.78, 5) is 2.41. The molecule has 0 radical (unpaired) electrons. The van der Waals surface area contributed by atoms with Gasteiger partial charge in [-0.05, 0) is 50.6 Å². The van der Waals surface area contributed by atoms with E-state index in [4.69, 9.17) is 0 Å². The summed E-state index contributed by atoms with van der Waals surface area (Å²) >= 11 is 3.54. The van der Waals surface area contributed by atoms with E-state index in [9.17, 15) is 0 Å². The number of piperidine rings is 1. The fourth-order valence-electron chi connectivity index (χ4n) is 2.41. The highest BCUT2D eigenvalue weighted by molar-refractivity contribution is 9.10. The molecule has 3 heteroatoms. The highest BCUT2D eigenvalue weighted by Gasteiger charge is 2.16. The van der Waals surface area contributed by atoms with Crippen molar-refractivity contribution in [3.63, 3.8) is 0 Å². The number of halogens is 1. The molecule has 94 valence electrons. The summed E-state index contributed by atoms with van der Waals surface area (Å²) in [5, 5.41) is 3.66. The molecular formula is C14H21BrN2. The molecule has 0 amide bonds. The third-order valence-corrected chi connectivity index (χ3v) is 4.33. The van der Waals surface area contributed by atoms with Crippen LogP contribution in [0.5, 0.6) is 0 Å². The Balaban J connectivity index is 1.86. The van der Waals surface area contributed by atoms with Crippen LogP contribution in [0.15, 0.2) is 22.7 Å². The first-order valence-electron chi connectivity index (χ1n) is 6.32. The molecule has 1 saturated heterocycles. The van der Waals surface area contributed by atoms with Crippen molar-refractivity contribution in [3.8, 4) is 0 Å². The van der Waals surface area contributed by atoms with E-state index in [1.54, 1.807) is 0 Å². The molecule has 1 heterocycles. The summed E-state index contributed by atoms with van der Waals surface area (Å²) in [5.74, 6) is 0. The molecule has 1 fully saturated rings. The molecule has 1 aromatic carbocycles. The Morgan fingerprint density at radius 3 is 3.00 bits per heavy atom. The van der Waals surface area contributed by atoms with Crippen molar-refractivity contribution in [1.82, 2.24) is 10.2 Å². The highest BCUT2D eigenvalue weighted by Crippen LogP contribution is 2.17. The maximum atomic E-state index is 3.66. The van der Waals surface area contributed by atoms with Crippen LogP contribution in [0.4, 0.5) is 0 Å². The number of aryl methyl sites for hydroxylation is 1. The van der Waals surface area contributed by atoms with E-state index in [0.29, 0.717) is 6.04 Å². The Morgan fingerprint density at radius 2 is 2.29 bits per heavy atom. The molecule has 2 nitrogen and oxygen atoms in total. The van der Waals surface area contributed by atoms with Crippen molar-refractivity contribution in [2.75, 3.05) is 20.1 Å². The lowest BCUT2D eigenvalue weighted by Crippen LogP contribution is -2.43. The van der Waals surface area contributed by atoms with E-state index >= 15 is 0 Å². The van der Waals surface area contributed by atoms with Crippen LogP contribution in [0.25, 0.3) is 0 Å². The minimum Gasteiger partial charge on any atom is -0.309 e. The maximum absolute atomic E-state index is 3.66. The van der Waals surface area contributed by atoms with Crippen molar-refractivity contribution < 1.29 is 0 Å². The summed E-state index contributed by atoms with van der Waals surface area (Å²) in [5.41, 5.74) is 2.68. The van der Waals surface area contributed by atoms with Crippen molar-refractivity contribution in [1.29, 1.82) is 0 Å². The van der Waals surface area contributed by atoms with E-state index in [1.165, 1.54) is 41.5 Å². The van der Waals surface area contributed by atoms with Crippen LogP contribution in [0.1, 0.15) is 24.0 Å². The van der Waals surface area contributed by atoms with Gasteiger partial charge < -0.3 is 10.2 Å². The second-order valence-electron chi connectivity index (χ2n) is 5.07. The van der Waals surface area contributed by atoms with Gasteiger partial charge in [0.05, 0.1) is 0 Å². The van der Waals surface area contributed by atoms with Crippen LogP contribution in [-0.2, 0) is 6.54 Å². The van der Waals surface area contributed by atoms with E-state index in [1.807, 2.05) is 0 Å². The summed E-state index contributed by atoms with van der Waals surface area (Å²) in [6, 6.07) is 7.23. The van der Waals surface area contributed by atoms with E-state index < -0.39 is 0 Å². The number of nitrogens with zero attached hydrogens (tertiary/aromatic N) is 1. The molecular weight excluding hydrogens is 276 g/mol. The lowest BCUT2D eigenvalue weighted by Gasteiger charge is -2.30. The Bertz CT molecular complexity index is 378. The molecule has 1 atom stereocenters. The van der Waals surface area contributed by atoms with Crippen LogP contribution in [0.3, 0.4) is 0 Å². The second-order valence-corrected chi connectivity index (χ2v) is 5.92. The molecule has 0 bridgehead atoms. The quantitative estimate of drug-likeness (QED) is 0.923. The number of hydrogen-bond acceptors (Lipinski definition) is 2. The van der Waals surface area contributed by atoms with Gasteiger partial charge in [-0.15, -0.1) is 0 Å². The van der Waals surface area contributed by atoms with Crippen LogP contribution >= 0.6 is 15.9 Å². The molecule has 1 aliphatic rings. The number of rotatable bonds is 3. The van der Waals surface area contributed by atoms with E-state index in [2.05, 4.69) is 58.3 Å². The molecule has 1 aliphatic heterocycles. The van der Waals surface area contributed by atoms with Gasteiger partial charge in [-0.2, -0.15) is 0 Å². The van der Waals surface area contributed by atoms with Gasteiger partial charge in [0.25, 0.3) is 0 Å². The maximum Gasteiger partial charge on any atom is 0.0208 e. The minimum atomic E-state index is 0.651. The smallest absolute Gasteiger partial charge is 0.0208 e. The zero-order valence-electron chi connectivity index (χ0n) is 10.7. The summed E-state index contributed by atoms with van der Waals surface area (Å²) < 4.78 is 1.19. The fourth-order valence-corrected chi connectivity index (χ4v) is 2.66. The zero-order valence-corrected chi connectivity index (χ0v) is 12.3. The molecule has 0 aliphatic carbocycles. The SMILES string of the molecule is Cc1cc(CNC2CCCN(C)C2)ccc1Br. The van der Waals surface area contributed by atoms with Crippen LogP contribution in [0.2, 0.25) is 0 Å². The van der Waals surface area contributed by atoms with Gasteiger partial charge in [0.2, 0.25) is 0 Å². The fraction of sp³-hybridized carbons (Fsp3) is 0.571. The highest BCUT2D eigenvalue weighted by atomic mass is 79.9. The number of likely N-dealkylation sites (N-methyl/N-ethyl adjacent to an activating group) is 1. The van der Waals surface area contributed by atoms with Gasteiger partial charge >= 0.3 is 0 Å². The van der Waals surface area contributed by atoms with E-state index in [-0.39, 0.29) is 0 Å². The first-order chi connectivity index (χ1) is 8.15. The Hall–Kier alpha value is -0.380. The average molecular weight is 297 g/mol. The predicted octanol–water partition coefficient (Wildman–Crippen LogP) is 2.94. The van der Waals surface area contributed by atoms with Crippen molar-refractivity contribution in [2.45, 2.75) is 32.4 Å².